The molecule has 0 bridgehead atoms. The Balaban J connectivity index is 1.62. The van der Waals surface area contributed by atoms with Crippen molar-refractivity contribution >= 4 is 23.2 Å². The molecule has 0 saturated carbocycles. The second kappa shape index (κ2) is 8.32. The molecular formula is C24H19N3O2. The van der Waals surface area contributed by atoms with E-state index in [1.165, 1.54) is 0 Å². The Labute approximate surface area is 168 Å². The van der Waals surface area contributed by atoms with E-state index in [-0.39, 0.29) is 6.61 Å². The van der Waals surface area contributed by atoms with Crippen LogP contribution in [0, 0.1) is 11.3 Å². The first-order valence-electron chi connectivity index (χ1n) is 9.19. The molecule has 5 nitrogen and oxygen atoms in total. The summed E-state index contributed by atoms with van der Waals surface area (Å²) >= 11 is 0. The van der Waals surface area contributed by atoms with E-state index in [1.54, 1.807) is 13.2 Å². The van der Waals surface area contributed by atoms with Gasteiger partial charge in [0.15, 0.2) is 11.5 Å². The molecule has 0 saturated heterocycles. The smallest absolute Gasteiger partial charge is 0.168 e. The molecule has 0 amide bonds. The Morgan fingerprint density at radius 1 is 1.00 bits per heavy atom. The molecular weight excluding hydrogens is 362 g/mol. The van der Waals surface area contributed by atoms with Gasteiger partial charge in [-0.25, -0.2) is 4.98 Å². The average molecular weight is 381 g/mol. The van der Waals surface area contributed by atoms with Crippen LogP contribution in [0.2, 0.25) is 0 Å². The zero-order valence-corrected chi connectivity index (χ0v) is 15.9. The van der Waals surface area contributed by atoms with Gasteiger partial charge in [0.2, 0.25) is 0 Å². The molecule has 0 aliphatic carbocycles. The molecule has 0 fully saturated rings. The molecule has 1 heterocycles. The predicted octanol–water partition coefficient (Wildman–Crippen LogP) is 5.19. The van der Waals surface area contributed by atoms with Crippen LogP contribution in [-0.4, -0.2) is 17.1 Å². The van der Waals surface area contributed by atoms with Crippen molar-refractivity contribution in [2.75, 3.05) is 7.11 Å². The van der Waals surface area contributed by atoms with Gasteiger partial charge in [0, 0.05) is 11.1 Å². The average Bonchev–Trinajstić information content (AvgIpc) is 3.19. The number of methoxy groups -OCH3 is 1. The summed E-state index contributed by atoms with van der Waals surface area (Å²) in [6, 6.07) is 23.2. The van der Waals surface area contributed by atoms with Gasteiger partial charge in [-0.05, 0) is 36.4 Å². The predicted molar refractivity (Wildman–Crippen MR) is 114 cm³/mol. The maximum Gasteiger partial charge on any atom is 0.168 e. The third kappa shape index (κ3) is 3.97. The third-order valence-corrected chi connectivity index (χ3v) is 4.57. The second-order valence-corrected chi connectivity index (χ2v) is 6.41. The van der Waals surface area contributed by atoms with Crippen LogP contribution in [0.5, 0.6) is 11.5 Å². The van der Waals surface area contributed by atoms with Gasteiger partial charge in [-0.3, -0.25) is 0 Å². The van der Waals surface area contributed by atoms with Crippen molar-refractivity contribution < 1.29 is 9.47 Å². The van der Waals surface area contributed by atoms with Crippen LogP contribution >= 0.6 is 0 Å². The molecule has 0 aliphatic heterocycles. The standard InChI is InChI=1S/C24H19N3O2/c1-28-22-12-6-9-17(13-14-23-26-20-10-4-5-11-21(20)27-23)24(22)29-16-19-8-3-2-7-18(19)15-25/h2-14H,16H2,1H3,(H,26,27)/b14-13+. The second-order valence-electron chi connectivity index (χ2n) is 6.41. The van der Waals surface area contributed by atoms with Crippen LogP contribution in [0.3, 0.4) is 0 Å². The van der Waals surface area contributed by atoms with Crippen LogP contribution in [0.1, 0.15) is 22.5 Å². The lowest BCUT2D eigenvalue weighted by Gasteiger charge is -2.14. The zero-order valence-electron chi connectivity index (χ0n) is 15.9. The van der Waals surface area contributed by atoms with E-state index in [4.69, 9.17) is 9.47 Å². The maximum absolute atomic E-state index is 9.29. The van der Waals surface area contributed by atoms with Crippen molar-refractivity contribution in [3.05, 3.63) is 89.2 Å². The SMILES string of the molecule is COc1cccc(/C=C/c2nc3ccccc3[nH]2)c1OCc1ccccc1C#N. The highest BCUT2D eigenvalue weighted by molar-refractivity contribution is 5.79. The first-order chi connectivity index (χ1) is 14.3. The summed E-state index contributed by atoms with van der Waals surface area (Å²) in [5, 5.41) is 9.29. The summed E-state index contributed by atoms with van der Waals surface area (Å²) in [5.74, 6) is 2.01. The molecule has 4 rings (SSSR count). The minimum Gasteiger partial charge on any atom is -0.493 e. The number of hydrogen-bond acceptors (Lipinski definition) is 4. The Kier molecular flexibility index (Phi) is 5.26. The molecule has 1 aromatic heterocycles. The number of nitrogens with zero attached hydrogens (tertiary/aromatic N) is 2. The summed E-state index contributed by atoms with van der Waals surface area (Å²) in [4.78, 5) is 7.85. The largest absolute Gasteiger partial charge is 0.493 e. The van der Waals surface area contributed by atoms with Crippen molar-refractivity contribution in [2.24, 2.45) is 0 Å². The lowest BCUT2D eigenvalue weighted by Crippen LogP contribution is -2.01. The van der Waals surface area contributed by atoms with Crippen molar-refractivity contribution in [1.82, 2.24) is 9.97 Å². The molecule has 29 heavy (non-hydrogen) atoms. The van der Waals surface area contributed by atoms with E-state index in [1.807, 2.05) is 72.8 Å². The number of benzene rings is 3. The Bertz CT molecular complexity index is 1190. The molecule has 0 atom stereocenters. The van der Waals surface area contributed by atoms with Crippen molar-refractivity contribution in [3.8, 4) is 17.6 Å². The molecule has 0 radical (unpaired) electrons. The minimum absolute atomic E-state index is 0.273. The molecule has 0 aliphatic rings. The number of H-pyrrole nitrogens is 1. The number of aromatic amines is 1. The summed E-state index contributed by atoms with van der Waals surface area (Å²) in [6.07, 6.45) is 3.84. The van der Waals surface area contributed by atoms with Gasteiger partial charge in [0.25, 0.3) is 0 Å². The normalized spacial score (nSPS) is 10.9. The van der Waals surface area contributed by atoms with Crippen molar-refractivity contribution in [2.45, 2.75) is 6.61 Å². The number of imidazole rings is 1. The summed E-state index contributed by atoms with van der Waals surface area (Å²) in [5.41, 5.74) is 4.19. The molecule has 0 spiro atoms. The number of rotatable bonds is 6. The zero-order chi connectivity index (χ0) is 20.1. The van der Waals surface area contributed by atoms with Gasteiger partial charge in [-0.2, -0.15) is 5.26 Å². The van der Waals surface area contributed by atoms with Gasteiger partial charge < -0.3 is 14.5 Å². The maximum atomic E-state index is 9.29. The first kappa shape index (κ1) is 18.3. The van der Waals surface area contributed by atoms with Gasteiger partial charge in [0.05, 0.1) is 29.8 Å². The highest BCUT2D eigenvalue weighted by Gasteiger charge is 2.11. The van der Waals surface area contributed by atoms with E-state index in [2.05, 4.69) is 16.0 Å². The van der Waals surface area contributed by atoms with E-state index < -0.39 is 0 Å². The van der Waals surface area contributed by atoms with Gasteiger partial charge in [-0.1, -0.05) is 42.5 Å². The number of ether oxygens (including phenoxy) is 2. The Hall–Kier alpha value is -4.04. The van der Waals surface area contributed by atoms with Crippen LogP contribution in [-0.2, 0) is 6.61 Å². The summed E-state index contributed by atoms with van der Waals surface area (Å²) in [7, 11) is 1.61. The van der Waals surface area contributed by atoms with Crippen LogP contribution in [0.15, 0.2) is 66.7 Å². The van der Waals surface area contributed by atoms with Crippen LogP contribution in [0.4, 0.5) is 0 Å². The number of nitriles is 1. The topological polar surface area (TPSA) is 70.9 Å². The molecule has 1 N–H and O–H groups in total. The van der Waals surface area contributed by atoms with E-state index in [9.17, 15) is 5.26 Å². The van der Waals surface area contributed by atoms with Crippen molar-refractivity contribution in [1.29, 1.82) is 5.26 Å². The Morgan fingerprint density at radius 2 is 1.83 bits per heavy atom. The van der Waals surface area contributed by atoms with Gasteiger partial charge in [0.1, 0.15) is 12.4 Å². The quantitative estimate of drug-likeness (QED) is 0.499. The monoisotopic (exact) mass is 381 g/mol. The Morgan fingerprint density at radius 3 is 2.66 bits per heavy atom. The first-order valence-corrected chi connectivity index (χ1v) is 9.19. The number of fused-ring (bicyclic) bond motifs is 1. The lowest BCUT2D eigenvalue weighted by molar-refractivity contribution is 0.283. The summed E-state index contributed by atoms with van der Waals surface area (Å²) in [6.45, 7) is 0.273. The summed E-state index contributed by atoms with van der Waals surface area (Å²) < 4.78 is 11.6. The van der Waals surface area contributed by atoms with Crippen molar-refractivity contribution in [3.63, 3.8) is 0 Å². The molecule has 142 valence electrons. The fourth-order valence-corrected chi connectivity index (χ4v) is 3.10. The lowest BCUT2D eigenvalue weighted by atomic mass is 10.1. The third-order valence-electron chi connectivity index (χ3n) is 4.57. The van der Waals surface area contributed by atoms with Crippen LogP contribution in [0.25, 0.3) is 23.2 Å². The highest BCUT2D eigenvalue weighted by Crippen LogP contribution is 2.33. The molecule has 0 unspecified atom stereocenters. The number of nitrogens with one attached hydrogen (secondary N) is 1. The van der Waals surface area contributed by atoms with Gasteiger partial charge >= 0.3 is 0 Å². The van der Waals surface area contributed by atoms with E-state index in [0.29, 0.717) is 17.1 Å². The molecule has 5 heteroatoms. The molecule has 4 aromatic rings. The van der Waals surface area contributed by atoms with Gasteiger partial charge in [-0.15, -0.1) is 0 Å². The van der Waals surface area contributed by atoms with Crippen LogP contribution < -0.4 is 9.47 Å². The number of para-hydroxylation sites is 3. The minimum atomic E-state index is 0.273. The molecule has 3 aromatic carbocycles. The van der Waals surface area contributed by atoms with E-state index >= 15 is 0 Å². The highest BCUT2D eigenvalue weighted by atomic mass is 16.5. The van der Waals surface area contributed by atoms with E-state index in [0.717, 1.165) is 28.0 Å². The number of aromatic nitrogens is 2. The fourth-order valence-electron chi connectivity index (χ4n) is 3.10. The number of hydrogen-bond donors (Lipinski definition) is 1. The fraction of sp³-hybridized carbons (Fsp3) is 0.0833.